The number of ether oxygens (including phenoxy) is 2. The molecule has 1 N–H and O–H groups in total. The number of carbonyl (C=O) groups is 1. The van der Waals surface area contributed by atoms with Crippen LogP contribution in [0, 0.1) is 12.8 Å². The van der Waals surface area contributed by atoms with Gasteiger partial charge >= 0.3 is 0 Å². The molecule has 3 rings (SSSR count). The number of aromatic nitrogens is 3. The van der Waals surface area contributed by atoms with E-state index < -0.39 is 0 Å². The molecule has 0 aliphatic rings. The van der Waals surface area contributed by atoms with Crippen LogP contribution in [0.2, 0.25) is 0 Å². The van der Waals surface area contributed by atoms with Gasteiger partial charge in [-0.3, -0.25) is 4.79 Å². The molecule has 2 heterocycles. The van der Waals surface area contributed by atoms with Gasteiger partial charge in [-0.15, -0.1) is 10.2 Å². The van der Waals surface area contributed by atoms with Gasteiger partial charge in [0.2, 0.25) is 5.91 Å². The van der Waals surface area contributed by atoms with E-state index in [1.54, 1.807) is 38.7 Å². The van der Waals surface area contributed by atoms with Crippen molar-refractivity contribution >= 4 is 23.4 Å². The highest BCUT2D eigenvalue weighted by Gasteiger charge is 2.19. The quantitative estimate of drug-likeness (QED) is 0.507. The summed E-state index contributed by atoms with van der Waals surface area (Å²) in [6, 6.07) is 7.12. The third-order valence-corrected chi connectivity index (χ3v) is 5.30. The minimum absolute atomic E-state index is 0.157. The first kappa shape index (κ1) is 21.8. The molecule has 1 aromatic carbocycles. The van der Waals surface area contributed by atoms with Gasteiger partial charge in [0, 0.05) is 30.4 Å². The summed E-state index contributed by atoms with van der Waals surface area (Å²) in [5.74, 6) is 3.17. The van der Waals surface area contributed by atoms with Crippen molar-refractivity contribution in [1.29, 1.82) is 0 Å². The number of thioether (sulfide) groups is 1. The van der Waals surface area contributed by atoms with Gasteiger partial charge in [-0.05, 0) is 18.9 Å². The topological polar surface area (TPSA) is 91.4 Å². The maximum Gasteiger partial charge on any atom is 0.234 e. The molecule has 2 aromatic heterocycles. The number of furan rings is 1. The maximum atomic E-state index is 12.5. The minimum Gasteiger partial charge on any atom is -0.497 e. The monoisotopic (exact) mass is 430 g/mol. The number of nitrogens with one attached hydrogen (secondary N) is 1. The lowest BCUT2D eigenvalue weighted by Crippen LogP contribution is -2.15. The number of anilines is 1. The van der Waals surface area contributed by atoms with Gasteiger partial charge in [0.15, 0.2) is 11.0 Å². The Morgan fingerprint density at radius 2 is 1.90 bits per heavy atom. The predicted octanol–water partition coefficient (Wildman–Crippen LogP) is 4.25. The highest BCUT2D eigenvalue weighted by Crippen LogP contribution is 2.29. The molecule has 0 atom stereocenters. The molecule has 1 amide bonds. The molecule has 0 unspecified atom stereocenters. The number of nitrogens with zero attached hydrogens (tertiary/aromatic N) is 3. The summed E-state index contributed by atoms with van der Waals surface area (Å²) in [7, 11) is 3.13. The van der Waals surface area contributed by atoms with Crippen LogP contribution in [0.1, 0.15) is 19.6 Å². The van der Waals surface area contributed by atoms with E-state index in [1.807, 2.05) is 17.6 Å². The molecular weight excluding hydrogens is 404 g/mol. The second-order valence-corrected chi connectivity index (χ2v) is 8.08. The molecule has 8 nitrogen and oxygen atoms in total. The lowest BCUT2D eigenvalue weighted by atomic mass is 10.2. The summed E-state index contributed by atoms with van der Waals surface area (Å²) in [4.78, 5) is 12.5. The average Bonchev–Trinajstić information content (AvgIpc) is 3.31. The van der Waals surface area contributed by atoms with E-state index in [-0.39, 0.29) is 11.7 Å². The Bertz CT molecular complexity index is 990. The van der Waals surface area contributed by atoms with Crippen LogP contribution in [-0.4, -0.2) is 40.6 Å². The summed E-state index contributed by atoms with van der Waals surface area (Å²) < 4.78 is 17.9. The van der Waals surface area contributed by atoms with Gasteiger partial charge in [0.25, 0.3) is 0 Å². The van der Waals surface area contributed by atoms with E-state index in [0.29, 0.717) is 28.3 Å². The van der Waals surface area contributed by atoms with Gasteiger partial charge in [-0.2, -0.15) is 0 Å². The molecule has 0 radical (unpaired) electrons. The Kier molecular flexibility index (Phi) is 7.04. The Hall–Kier alpha value is -2.94. The molecule has 0 bridgehead atoms. The molecule has 30 heavy (non-hydrogen) atoms. The lowest BCUT2D eigenvalue weighted by Gasteiger charge is -2.12. The Morgan fingerprint density at radius 3 is 2.47 bits per heavy atom. The second kappa shape index (κ2) is 9.71. The van der Waals surface area contributed by atoms with E-state index in [4.69, 9.17) is 13.9 Å². The first-order valence-corrected chi connectivity index (χ1v) is 10.5. The van der Waals surface area contributed by atoms with Crippen molar-refractivity contribution in [3.05, 3.63) is 36.3 Å². The van der Waals surface area contributed by atoms with Gasteiger partial charge in [0.05, 0.1) is 31.8 Å². The number of methoxy groups -OCH3 is 2. The Labute approximate surface area is 180 Å². The normalized spacial score (nSPS) is 11.0. The number of amides is 1. The number of hydrogen-bond donors (Lipinski definition) is 1. The van der Waals surface area contributed by atoms with Gasteiger partial charge < -0.3 is 23.8 Å². The molecule has 0 saturated carbocycles. The van der Waals surface area contributed by atoms with E-state index in [9.17, 15) is 4.79 Å². The Morgan fingerprint density at radius 1 is 1.20 bits per heavy atom. The first-order chi connectivity index (χ1) is 14.4. The van der Waals surface area contributed by atoms with Crippen molar-refractivity contribution in [2.24, 2.45) is 5.92 Å². The molecule has 0 saturated heterocycles. The molecule has 0 fully saturated rings. The standard InChI is InChI=1S/C21H26N4O4S/c1-13(2)11-25-20(18-6-7-29-14(18)3)23-24-21(25)30-12-19(26)22-15-8-16(27-4)10-17(9-15)28-5/h6-10,13H,11-12H2,1-5H3,(H,22,26). The smallest absolute Gasteiger partial charge is 0.234 e. The number of rotatable bonds is 9. The largest absolute Gasteiger partial charge is 0.497 e. The van der Waals surface area contributed by atoms with Crippen molar-refractivity contribution in [2.45, 2.75) is 32.5 Å². The fraction of sp³-hybridized carbons (Fsp3) is 0.381. The zero-order valence-electron chi connectivity index (χ0n) is 17.8. The van der Waals surface area contributed by atoms with Crippen LogP contribution >= 0.6 is 11.8 Å². The van der Waals surface area contributed by atoms with E-state index in [0.717, 1.165) is 23.7 Å². The van der Waals surface area contributed by atoms with Crippen LogP contribution in [-0.2, 0) is 11.3 Å². The van der Waals surface area contributed by atoms with Crippen LogP contribution in [0.5, 0.6) is 11.5 Å². The van der Waals surface area contributed by atoms with Gasteiger partial charge in [-0.25, -0.2) is 0 Å². The van der Waals surface area contributed by atoms with Crippen LogP contribution in [0.4, 0.5) is 5.69 Å². The van der Waals surface area contributed by atoms with Crippen molar-refractivity contribution < 1.29 is 18.7 Å². The second-order valence-electron chi connectivity index (χ2n) is 7.14. The van der Waals surface area contributed by atoms with Crippen LogP contribution in [0.15, 0.2) is 40.1 Å². The number of hydrogen-bond acceptors (Lipinski definition) is 7. The summed E-state index contributed by atoms with van der Waals surface area (Å²) in [6.07, 6.45) is 1.64. The van der Waals surface area contributed by atoms with E-state index in [2.05, 4.69) is 29.4 Å². The highest BCUT2D eigenvalue weighted by atomic mass is 32.2. The van der Waals surface area contributed by atoms with Crippen LogP contribution in [0.3, 0.4) is 0 Å². The summed E-state index contributed by atoms with van der Waals surface area (Å²) in [6.45, 7) is 6.89. The summed E-state index contributed by atoms with van der Waals surface area (Å²) >= 11 is 1.34. The van der Waals surface area contributed by atoms with Crippen molar-refractivity contribution in [2.75, 3.05) is 25.3 Å². The fourth-order valence-electron chi connectivity index (χ4n) is 2.95. The summed E-state index contributed by atoms with van der Waals surface area (Å²) in [5.41, 5.74) is 1.51. The fourth-order valence-corrected chi connectivity index (χ4v) is 3.70. The van der Waals surface area contributed by atoms with Crippen molar-refractivity contribution in [1.82, 2.24) is 14.8 Å². The number of aryl methyl sites for hydroxylation is 1. The average molecular weight is 431 g/mol. The molecule has 0 aliphatic carbocycles. The minimum atomic E-state index is -0.157. The van der Waals surface area contributed by atoms with Gasteiger partial charge in [0.1, 0.15) is 17.3 Å². The van der Waals surface area contributed by atoms with E-state index >= 15 is 0 Å². The zero-order chi connectivity index (χ0) is 21.7. The number of carbonyl (C=O) groups excluding carboxylic acids is 1. The van der Waals surface area contributed by atoms with Crippen molar-refractivity contribution in [3.63, 3.8) is 0 Å². The molecule has 9 heteroatoms. The SMILES string of the molecule is COc1cc(NC(=O)CSc2nnc(-c3ccoc3C)n2CC(C)C)cc(OC)c1. The van der Waals surface area contributed by atoms with Gasteiger partial charge in [-0.1, -0.05) is 25.6 Å². The molecule has 160 valence electrons. The first-order valence-electron chi connectivity index (χ1n) is 9.54. The third-order valence-electron chi connectivity index (χ3n) is 4.33. The molecular formula is C21H26N4O4S. The lowest BCUT2D eigenvalue weighted by molar-refractivity contribution is -0.113. The highest BCUT2D eigenvalue weighted by molar-refractivity contribution is 7.99. The maximum absolute atomic E-state index is 12.5. The van der Waals surface area contributed by atoms with Crippen molar-refractivity contribution in [3.8, 4) is 22.9 Å². The third kappa shape index (κ3) is 5.15. The van der Waals surface area contributed by atoms with Crippen LogP contribution < -0.4 is 14.8 Å². The molecule has 0 spiro atoms. The van der Waals surface area contributed by atoms with Crippen LogP contribution in [0.25, 0.3) is 11.4 Å². The van der Waals surface area contributed by atoms with E-state index in [1.165, 1.54) is 11.8 Å². The zero-order valence-corrected chi connectivity index (χ0v) is 18.6. The number of benzene rings is 1. The Balaban J connectivity index is 1.73. The predicted molar refractivity (Wildman–Crippen MR) is 116 cm³/mol. The molecule has 0 aliphatic heterocycles. The molecule has 3 aromatic rings. The summed E-state index contributed by atoms with van der Waals surface area (Å²) in [5, 5.41) is 12.2.